The lowest BCUT2D eigenvalue weighted by molar-refractivity contribution is 0.0531. The van der Waals surface area contributed by atoms with Crippen molar-refractivity contribution < 1.29 is 19.4 Å². The van der Waals surface area contributed by atoms with Crippen LogP contribution in [-0.2, 0) is 11.3 Å². The summed E-state index contributed by atoms with van der Waals surface area (Å²) in [6, 6.07) is 5.58. The van der Waals surface area contributed by atoms with Gasteiger partial charge in [-0.2, -0.15) is 0 Å². The Morgan fingerprint density at radius 3 is 2.75 bits per heavy atom. The smallest absolute Gasteiger partial charge is 0.350 e. The summed E-state index contributed by atoms with van der Waals surface area (Å²) in [5, 5.41) is 10.3. The topological polar surface area (TPSA) is 68.7 Å². The number of esters is 1. The number of thiazole rings is 1. The molecule has 0 aliphatic rings. The fourth-order valence-electron chi connectivity index (χ4n) is 2.14. The number of benzene rings is 1. The Hall–Kier alpha value is -1.92. The highest BCUT2D eigenvalue weighted by molar-refractivity contribution is 7.17. The lowest BCUT2D eigenvalue weighted by atomic mass is 10.1. The molecule has 1 N–H and O–H groups in total. The molecular weight excluding hydrogens is 326 g/mol. The van der Waals surface area contributed by atoms with Crippen LogP contribution in [0.25, 0.3) is 10.6 Å². The van der Waals surface area contributed by atoms with Gasteiger partial charge in [-0.05, 0) is 38.0 Å². The van der Waals surface area contributed by atoms with E-state index >= 15 is 0 Å². The number of ether oxygens (including phenoxy) is 2. The van der Waals surface area contributed by atoms with Gasteiger partial charge in [0.05, 0.1) is 25.5 Å². The number of aromatic nitrogens is 1. The van der Waals surface area contributed by atoms with Crippen molar-refractivity contribution in [2.24, 2.45) is 5.92 Å². The van der Waals surface area contributed by atoms with Gasteiger partial charge in [0.2, 0.25) is 0 Å². The molecule has 6 heteroatoms. The van der Waals surface area contributed by atoms with Gasteiger partial charge in [-0.1, -0.05) is 13.8 Å². The number of aryl methyl sites for hydroxylation is 1. The first-order valence-electron chi connectivity index (χ1n) is 7.97. The van der Waals surface area contributed by atoms with Crippen LogP contribution in [0.5, 0.6) is 5.75 Å². The molecule has 0 amide bonds. The summed E-state index contributed by atoms with van der Waals surface area (Å²) in [5.41, 5.74) is 2.21. The van der Waals surface area contributed by atoms with E-state index in [1.807, 2.05) is 18.2 Å². The Morgan fingerprint density at radius 1 is 1.38 bits per heavy atom. The predicted molar refractivity (Wildman–Crippen MR) is 94.5 cm³/mol. The summed E-state index contributed by atoms with van der Waals surface area (Å²) < 4.78 is 10.8. The molecule has 0 fully saturated rings. The zero-order valence-corrected chi connectivity index (χ0v) is 15.3. The maximum atomic E-state index is 11.9. The molecule has 1 heterocycles. The zero-order valence-electron chi connectivity index (χ0n) is 14.5. The average molecular weight is 349 g/mol. The average Bonchev–Trinajstić information content (AvgIpc) is 2.94. The van der Waals surface area contributed by atoms with Gasteiger partial charge < -0.3 is 14.6 Å². The molecule has 130 valence electrons. The van der Waals surface area contributed by atoms with Crippen molar-refractivity contribution in [3.8, 4) is 16.3 Å². The molecule has 2 rings (SSSR count). The number of carbonyl (C=O) groups excluding carboxylic acids is 1. The molecule has 1 aromatic carbocycles. The second-order valence-corrected chi connectivity index (χ2v) is 6.84. The summed E-state index contributed by atoms with van der Waals surface area (Å²) in [4.78, 5) is 16.9. The first-order valence-corrected chi connectivity index (χ1v) is 8.79. The number of carbonyl (C=O) groups is 1. The van der Waals surface area contributed by atoms with E-state index in [-0.39, 0.29) is 12.6 Å². The van der Waals surface area contributed by atoms with Gasteiger partial charge in [-0.3, -0.25) is 0 Å². The third-order valence-corrected chi connectivity index (χ3v) is 4.49. The quantitative estimate of drug-likeness (QED) is 0.770. The summed E-state index contributed by atoms with van der Waals surface area (Å²) in [6.45, 7) is 8.52. The Morgan fingerprint density at radius 2 is 2.12 bits per heavy atom. The Labute approximate surface area is 146 Å². The third kappa shape index (κ3) is 4.33. The third-order valence-electron chi connectivity index (χ3n) is 3.31. The molecule has 0 aliphatic carbocycles. The van der Waals surface area contributed by atoms with Gasteiger partial charge in [0.1, 0.15) is 15.6 Å². The molecule has 5 nitrogen and oxygen atoms in total. The van der Waals surface area contributed by atoms with Crippen LogP contribution in [0.15, 0.2) is 18.2 Å². The summed E-state index contributed by atoms with van der Waals surface area (Å²) in [7, 11) is 0. The molecule has 0 radical (unpaired) electrons. The van der Waals surface area contributed by atoms with Crippen molar-refractivity contribution in [2.45, 2.75) is 34.3 Å². The van der Waals surface area contributed by atoms with Gasteiger partial charge in [0.25, 0.3) is 0 Å². The van der Waals surface area contributed by atoms with Crippen LogP contribution in [0.3, 0.4) is 0 Å². The highest BCUT2D eigenvalue weighted by atomic mass is 32.1. The minimum Gasteiger partial charge on any atom is -0.493 e. The van der Waals surface area contributed by atoms with Crippen LogP contribution in [-0.4, -0.2) is 29.3 Å². The fourth-order valence-corrected chi connectivity index (χ4v) is 3.10. The second-order valence-electron chi connectivity index (χ2n) is 5.84. The van der Waals surface area contributed by atoms with Gasteiger partial charge in [0.15, 0.2) is 0 Å². The van der Waals surface area contributed by atoms with E-state index in [2.05, 4.69) is 18.8 Å². The lowest BCUT2D eigenvalue weighted by Crippen LogP contribution is -2.06. The second kappa shape index (κ2) is 8.26. The number of hydrogen-bond acceptors (Lipinski definition) is 6. The fraction of sp³-hybridized carbons (Fsp3) is 0.444. The van der Waals surface area contributed by atoms with Crippen molar-refractivity contribution in [1.82, 2.24) is 4.98 Å². The van der Waals surface area contributed by atoms with Crippen LogP contribution in [0.2, 0.25) is 0 Å². The van der Waals surface area contributed by atoms with E-state index in [0.717, 1.165) is 10.6 Å². The van der Waals surface area contributed by atoms with Crippen LogP contribution >= 0.6 is 11.3 Å². The van der Waals surface area contributed by atoms with Crippen molar-refractivity contribution in [1.29, 1.82) is 0 Å². The monoisotopic (exact) mass is 349 g/mol. The molecule has 0 saturated carbocycles. The number of hydrogen-bond donors (Lipinski definition) is 1. The highest BCUT2D eigenvalue weighted by Gasteiger charge is 2.18. The van der Waals surface area contributed by atoms with E-state index in [1.54, 1.807) is 13.8 Å². The Balaban J connectivity index is 2.29. The highest BCUT2D eigenvalue weighted by Crippen LogP contribution is 2.32. The molecule has 0 saturated heterocycles. The molecule has 2 aromatic rings. The Bertz CT molecular complexity index is 709. The SMILES string of the molecule is CCOC(=O)c1sc(-c2ccc(OCC(C)C)c(CO)c2)nc1C. The molecule has 0 atom stereocenters. The maximum Gasteiger partial charge on any atom is 0.350 e. The van der Waals surface area contributed by atoms with Gasteiger partial charge in [-0.15, -0.1) is 11.3 Å². The lowest BCUT2D eigenvalue weighted by Gasteiger charge is -2.12. The molecule has 24 heavy (non-hydrogen) atoms. The first kappa shape index (κ1) is 18.4. The number of rotatable bonds is 7. The molecule has 0 aliphatic heterocycles. The van der Waals surface area contributed by atoms with Gasteiger partial charge in [0, 0.05) is 11.1 Å². The maximum absolute atomic E-state index is 11.9. The zero-order chi connectivity index (χ0) is 17.7. The van der Waals surface area contributed by atoms with Crippen molar-refractivity contribution in [2.75, 3.05) is 13.2 Å². The molecule has 0 bridgehead atoms. The van der Waals surface area contributed by atoms with E-state index in [0.29, 0.717) is 41.0 Å². The summed E-state index contributed by atoms with van der Waals surface area (Å²) in [6.07, 6.45) is 0. The molecular formula is C18H23NO4S. The van der Waals surface area contributed by atoms with Gasteiger partial charge in [-0.25, -0.2) is 9.78 Å². The minimum atomic E-state index is -0.349. The van der Waals surface area contributed by atoms with Crippen LogP contribution < -0.4 is 4.74 Å². The van der Waals surface area contributed by atoms with Crippen molar-refractivity contribution in [3.05, 3.63) is 34.3 Å². The molecule has 0 spiro atoms. The predicted octanol–water partition coefficient (Wildman–Crippen LogP) is 3.82. The van der Waals surface area contributed by atoms with Crippen molar-refractivity contribution >= 4 is 17.3 Å². The van der Waals surface area contributed by atoms with Gasteiger partial charge >= 0.3 is 5.97 Å². The number of aliphatic hydroxyl groups excluding tert-OH is 1. The summed E-state index contributed by atoms with van der Waals surface area (Å²) in [5.74, 6) is 0.733. The largest absolute Gasteiger partial charge is 0.493 e. The standard InChI is InChI=1S/C18H23NO4S/c1-5-22-18(21)16-12(4)19-17(24-16)13-6-7-15(14(8-13)9-20)23-10-11(2)3/h6-8,11,20H,5,9-10H2,1-4H3. The number of aliphatic hydroxyl groups is 1. The minimum absolute atomic E-state index is 0.115. The van der Waals surface area contributed by atoms with Crippen LogP contribution in [0, 0.1) is 12.8 Å². The molecule has 0 unspecified atom stereocenters. The molecule has 1 aromatic heterocycles. The van der Waals surface area contributed by atoms with Crippen molar-refractivity contribution in [3.63, 3.8) is 0 Å². The van der Waals surface area contributed by atoms with E-state index in [9.17, 15) is 9.90 Å². The van der Waals surface area contributed by atoms with E-state index < -0.39 is 0 Å². The number of nitrogens with zero attached hydrogens (tertiary/aromatic N) is 1. The summed E-state index contributed by atoms with van der Waals surface area (Å²) >= 11 is 1.30. The Kier molecular flexibility index (Phi) is 6.34. The van der Waals surface area contributed by atoms with E-state index in [4.69, 9.17) is 9.47 Å². The van der Waals surface area contributed by atoms with E-state index in [1.165, 1.54) is 11.3 Å². The normalized spacial score (nSPS) is 10.9. The van der Waals surface area contributed by atoms with Crippen LogP contribution in [0.1, 0.15) is 41.7 Å². The first-order chi connectivity index (χ1) is 11.5. The van der Waals surface area contributed by atoms with Crippen LogP contribution in [0.4, 0.5) is 0 Å².